The second-order valence-corrected chi connectivity index (χ2v) is 9.43. The number of rotatable bonds is 5. The van der Waals surface area contributed by atoms with E-state index in [1.807, 2.05) is 6.08 Å². The minimum atomic E-state index is -2.97. The Balaban J connectivity index is 1.62. The van der Waals surface area contributed by atoms with Crippen molar-refractivity contribution in [2.75, 3.05) is 6.54 Å². The average Bonchev–Trinajstić information content (AvgIpc) is 2.73. The lowest BCUT2D eigenvalue weighted by atomic mass is 9.85. The average molecular weight is 493 g/mol. The van der Waals surface area contributed by atoms with Crippen molar-refractivity contribution in [1.29, 1.82) is 0 Å². The van der Waals surface area contributed by atoms with Gasteiger partial charge in [0.15, 0.2) is 5.78 Å². The van der Waals surface area contributed by atoms with Crippen LogP contribution in [0.1, 0.15) is 25.7 Å². The highest BCUT2D eigenvalue weighted by Crippen LogP contribution is 2.41. The minimum absolute atomic E-state index is 0.0210. The van der Waals surface area contributed by atoms with Gasteiger partial charge in [0, 0.05) is 17.9 Å². The van der Waals surface area contributed by atoms with Crippen molar-refractivity contribution in [3.05, 3.63) is 68.1 Å². The molecule has 0 saturated carbocycles. The molecule has 144 valence electrons. The topological polar surface area (TPSA) is 38.7 Å². The van der Waals surface area contributed by atoms with E-state index in [-0.39, 0.29) is 32.3 Å². The highest BCUT2D eigenvalue weighted by atomic mass is 127. The molecule has 2 heterocycles. The van der Waals surface area contributed by atoms with Crippen LogP contribution in [-0.4, -0.2) is 30.0 Å². The van der Waals surface area contributed by atoms with Crippen molar-refractivity contribution in [2.24, 2.45) is 10.9 Å². The maximum absolute atomic E-state index is 12.9. The molecule has 2 aliphatic carbocycles. The Labute approximate surface area is 173 Å². The fourth-order valence-corrected chi connectivity index (χ4v) is 6.46. The molecule has 7 heteroatoms. The van der Waals surface area contributed by atoms with Gasteiger partial charge in [-0.25, -0.2) is 8.63 Å². The summed E-state index contributed by atoms with van der Waals surface area (Å²) in [4.78, 5) is 17.0. The van der Waals surface area contributed by atoms with E-state index in [4.69, 9.17) is 0 Å². The van der Waals surface area contributed by atoms with Gasteiger partial charge in [-0.2, -0.15) is 0 Å². The number of carbonyl (C=O) groups excluding carboxylic acids is 1. The fourth-order valence-electron chi connectivity index (χ4n) is 3.64. The summed E-state index contributed by atoms with van der Waals surface area (Å²) in [6, 6.07) is 0. The third-order valence-electron chi connectivity index (χ3n) is 5.06. The van der Waals surface area contributed by atoms with Crippen molar-refractivity contribution in [3.8, 4) is 0 Å². The van der Waals surface area contributed by atoms with Crippen molar-refractivity contribution < 1.29 is 18.1 Å². The van der Waals surface area contributed by atoms with E-state index in [0.717, 1.165) is 24.8 Å². The van der Waals surface area contributed by atoms with Crippen molar-refractivity contribution in [3.63, 3.8) is 0 Å². The van der Waals surface area contributed by atoms with Gasteiger partial charge in [0.25, 0.3) is 0 Å². The zero-order valence-electron chi connectivity index (χ0n) is 15.2. The summed E-state index contributed by atoms with van der Waals surface area (Å²) in [6.45, 7) is 0.302. The molecule has 3 nitrogen and oxygen atoms in total. The first-order valence-electron chi connectivity index (χ1n) is 9.29. The summed E-state index contributed by atoms with van der Waals surface area (Å²) in [5, 5.41) is 0. The highest BCUT2D eigenvalue weighted by Gasteiger charge is 2.27. The third kappa shape index (κ3) is 4.24. The summed E-state index contributed by atoms with van der Waals surface area (Å²) in [5.41, 5.74) is 4.39. The number of carbonyl (C=O) groups is 1. The van der Waals surface area contributed by atoms with Crippen LogP contribution in [0, 0.1) is 5.92 Å². The molecule has 4 rings (SSSR count). The second kappa shape index (κ2) is 8.63. The van der Waals surface area contributed by atoms with Gasteiger partial charge in [0.05, 0.1) is 18.2 Å². The van der Waals surface area contributed by atoms with Crippen molar-refractivity contribution >= 4 is 44.2 Å². The van der Waals surface area contributed by atoms with Crippen LogP contribution in [0.3, 0.4) is 0 Å². The van der Waals surface area contributed by atoms with Gasteiger partial charge in [-0.05, 0) is 62.1 Å². The maximum atomic E-state index is 12.9. The number of aliphatic imine (C=N–C) groups is 1. The number of hydrogen-bond donors (Lipinski definition) is 0. The van der Waals surface area contributed by atoms with Crippen molar-refractivity contribution in [1.82, 2.24) is 0 Å². The highest BCUT2D eigenvalue weighted by molar-refractivity contribution is 14.2. The molecular formula is C21H19BF2INO2. The summed E-state index contributed by atoms with van der Waals surface area (Å²) >= 11 is -0.0618. The van der Waals surface area contributed by atoms with E-state index >= 15 is 0 Å². The Morgan fingerprint density at radius 2 is 2.18 bits per heavy atom. The largest absolute Gasteiger partial charge is 0.796 e. The monoisotopic (exact) mass is 493 g/mol. The summed E-state index contributed by atoms with van der Waals surface area (Å²) in [5.74, 6) is -0.718. The van der Waals surface area contributed by atoms with Gasteiger partial charge in [0.2, 0.25) is 0 Å². The minimum Gasteiger partial charge on any atom is -0.508 e. The first kappa shape index (κ1) is 19.4. The lowest BCUT2D eigenvalue weighted by molar-refractivity contribution is -0.111. The number of nitrogens with zero attached hydrogens (tertiary/aromatic N) is 1. The predicted octanol–water partition coefficient (Wildman–Crippen LogP) is 5.04. The van der Waals surface area contributed by atoms with E-state index in [1.54, 1.807) is 18.4 Å². The van der Waals surface area contributed by atoms with Gasteiger partial charge in [-0.1, -0.05) is 39.0 Å². The molecule has 1 atom stereocenters. The number of ketones is 1. The van der Waals surface area contributed by atoms with Crippen LogP contribution >= 0.6 is 20.7 Å². The van der Waals surface area contributed by atoms with Gasteiger partial charge in [-0.3, -0.25) is 9.79 Å². The van der Waals surface area contributed by atoms with E-state index in [9.17, 15) is 13.4 Å². The molecule has 0 aromatic rings. The normalized spacial score (nSPS) is 23.7. The van der Waals surface area contributed by atoms with Crippen molar-refractivity contribution in [2.45, 2.75) is 25.7 Å². The fraction of sp³-hybridized carbons (Fsp3) is 0.286. The summed E-state index contributed by atoms with van der Waals surface area (Å²) < 4.78 is 34.3. The Kier molecular flexibility index (Phi) is 5.99. The summed E-state index contributed by atoms with van der Waals surface area (Å²) in [7, 11) is -2.97. The van der Waals surface area contributed by atoms with E-state index in [2.05, 4.69) is 25.8 Å². The maximum Gasteiger partial charge on any atom is 0.796 e. The van der Waals surface area contributed by atoms with Gasteiger partial charge >= 0.3 is 7.47 Å². The molecule has 28 heavy (non-hydrogen) atoms. The van der Waals surface area contributed by atoms with Crippen LogP contribution in [0.2, 0.25) is 0 Å². The molecule has 0 fully saturated rings. The van der Waals surface area contributed by atoms with E-state index in [0.29, 0.717) is 18.5 Å². The Bertz CT molecular complexity index is 938. The molecule has 0 amide bonds. The van der Waals surface area contributed by atoms with E-state index < -0.39 is 13.4 Å². The molecular weight excluding hydrogens is 474 g/mol. The van der Waals surface area contributed by atoms with Crippen LogP contribution in [-0.2, 0) is 9.45 Å². The van der Waals surface area contributed by atoms with Crippen LogP contribution in [0.4, 0.5) is 8.63 Å². The molecule has 0 saturated heterocycles. The zero-order chi connectivity index (χ0) is 19.5. The zero-order valence-corrected chi connectivity index (χ0v) is 17.4. The van der Waals surface area contributed by atoms with Crippen LogP contribution < -0.4 is 0 Å². The second-order valence-electron chi connectivity index (χ2n) is 6.88. The smallest absolute Gasteiger partial charge is 0.508 e. The molecule has 0 bridgehead atoms. The quantitative estimate of drug-likeness (QED) is 0.233. The SMILES string of the molecule is O=C(/C=C(\OB(F)F)C1C=CC=NC1)C1=CC2=C(C=IC3=C2C=CCC3)CC1. The third-order valence-corrected chi connectivity index (χ3v) is 8.00. The van der Waals surface area contributed by atoms with Crippen LogP contribution in [0.25, 0.3) is 0 Å². The Morgan fingerprint density at radius 1 is 1.29 bits per heavy atom. The Hall–Kier alpha value is -1.90. The first-order valence-corrected chi connectivity index (χ1v) is 11.6. The number of dihydropyridines is 1. The molecule has 0 aromatic carbocycles. The molecule has 1 unspecified atom stereocenters. The Morgan fingerprint density at radius 3 is 2.96 bits per heavy atom. The number of hydrogen-bond acceptors (Lipinski definition) is 3. The van der Waals surface area contributed by atoms with Gasteiger partial charge in [0.1, 0.15) is 0 Å². The van der Waals surface area contributed by atoms with Gasteiger partial charge in [-0.15, -0.1) is 0 Å². The number of allylic oxidation sites excluding steroid dienone is 10. The lowest BCUT2D eigenvalue weighted by Crippen LogP contribution is -2.18. The standard InChI is InChI=1S/C21H19BF2INO2/c23-22(24)28-21(16-4-3-9-26-13-16)11-20(27)14-7-8-15-12-25-19-6-2-1-5-17(19)18(15)10-14/h1,3-5,9-12,16H,2,6-8,13H2/b21-11-. The molecule has 4 aliphatic rings. The van der Waals surface area contributed by atoms with Crippen LogP contribution in [0.5, 0.6) is 0 Å². The van der Waals surface area contributed by atoms with Crippen LogP contribution in [0.15, 0.2) is 73.1 Å². The predicted molar refractivity (Wildman–Crippen MR) is 118 cm³/mol. The molecule has 2 aliphatic heterocycles. The van der Waals surface area contributed by atoms with E-state index in [1.165, 1.54) is 20.8 Å². The van der Waals surface area contributed by atoms with Gasteiger partial charge < -0.3 is 4.65 Å². The molecule has 0 spiro atoms. The number of fused-ring (bicyclic) bond motifs is 1. The molecule has 0 aromatic heterocycles. The molecule has 0 radical (unpaired) electrons. The summed E-state index contributed by atoms with van der Waals surface area (Å²) in [6.07, 6.45) is 16.2. The molecule has 0 N–H and O–H groups in total. The number of halogens is 3. The first-order chi connectivity index (χ1) is 13.6. The lowest BCUT2D eigenvalue weighted by Gasteiger charge is -2.24.